The monoisotopic (exact) mass is 276 g/mol. The van der Waals surface area contributed by atoms with E-state index in [9.17, 15) is 0 Å². The smallest absolute Gasteiger partial charge is 0.166 e. The first kappa shape index (κ1) is 18.1. The lowest BCUT2D eigenvalue weighted by Gasteiger charge is -2.37. The maximum atomic E-state index is 5.88. The van der Waals surface area contributed by atoms with E-state index in [2.05, 4.69) is 6.92 Å². The summed E-state index contributed by atoms with van der Waals surface area (Å²) in [6.07, 6.45) is 6.17. The molecule has 0 saturated heterocycles. The summed E-state index contributed by atoms with van der Waals surface area (Å²) >= 11 is 0. The van der Waals surface area contributed by atoms with Crippen molar-refractivity contribution >= 4 is 10.2 Å². The molecule has 18 heavy (non-hydrogen) atoms. The number of hydrogen-bond acceptors (Lipinski definition) is 3. The van der Waals surface area contributed by atoms with Crippen molar-refractivity contribution in [2.75, 3.05) is 19.8 Å². The van der Waals surface area contributed by atoms with E-state index in [0.29, 0.717) is 13.2 Å². The zero-order chi connectivity index (χ0) is 13.9. The van der Waals surface area contributed by atoms with Crippen LogP contribution in [0.25, 0.3) is 0 Å². The van der Waals surface area contributed by atoms with Gasteiger partial charge >= 0.3 is 0 Å². The molecule has 0 bridgehead atoms. The van der Waals surface area contributed by atoms with Crippen molar-refractivity contribution in [2.45, 2.75) is 71.3 Å². The number of unbranched alkanes of at least 4 members (excludes halogenated alkanes) is 3. The molecule has 0 aromatic rings. The molecule has 0 saturated carbocycles. The third-order valence-corrected chi connectivity index (χ3v) is 4.36. The minimum Gasteiger partial charge on any atom is -0.373 e. The van der Waals surface area contributed by atoms with Crippen LogP contribution in [0.4, 0.5) is 0 Å². The highest BCUT2D eigenvalue weighted by atomic mass is 28.1. The molecular weight excluding hydrogens is 244 g/mol. The van der Waals surface area contributed by atoms with Crippen LogP contribution in [0.1, 0.15) is 59.8 Å². The minimum atomic E-state index is -0.467. The molecule has 0 aromatic heterocycles. The van der Waals surface area contributed by atoms with Crippen molar-refractivity contribution in [2.24, 2.45) is 0 Å². The Morgan fingerprint density at radius 3 is 1.94 bits per heavy atom. The van der Waals surface area contributed by atoms with E-state index in [4.69, 9.17) is 14.2 Å². The maximum Gasteiger partial charge on any atom is 0.166 e. The van der Waals surface area contributed by atoms with Gasteiger partial charge in [-0.2, -0.15) is 0 Å². The molecule has 0 aliphatic rings. The van der Waals surface area contributed by atoms with Gasteiger partial charge in [0.25, 0.3) is 0 Å². The van der Waals surface area contributed by atoms with Crippen molar-refractivity contribution in [3.63, 3.8) is 0 Å². The Morgan fingerprint density at radius 2 is 1.50 bits per heavy atom. The summed E-state index contributed by atoms with van der Waals surface area (Å²) < 4.78 is 17.6. The van der Waals surface area contributed by atoms with Crippen molar-refractivity contribution in [3.05, 3.63) is 0 Å². The highest BCUT2D eigenvalue weighted by Gasteiger charge is 2.35. The first-order chi connectivity index (χ1) is 8.64. The fraction of sp³-hybridized carbons (Fsp3) is 1.00. The normalized spacial score (nSPS) is 14.0. The topological polar surface area (TPSA) is 27.7 Å². The molecule has 0 heterocycles. The average molecular weight is 276 g/mol. The first-order valence-corrected chi connectivity index (χ1v) is 8.54. The van der Waals surface area contributed by atoms with E-state index in [1.807, 2.05) is 20.8 Å². The standard InChI is InChI=1S/C14H32O3Si/c1-5-9-10-11-12-13(15-6-2)14(18,16-7-3)17-8-4/h13H,5-12H2,1-4,18H3/t13-/m1/s1. The van der Waals surface area contributed by atoms with Crippen LogP contribution in [-0.2, 0) is 14.2 Å². The van der Waals surface area contributed by atoms with Gasteiger partial charge in [-0.25, -0.2) is 0 Å². The second-order valence-electron chi connectivity index (χ2n) is 4.68. The fourth-order valence-corrected chi connectivity index (χ4v) is 3.29. The quantitative estimate of drug-likeness (QED) is 0.311. The SMILES string of the molecule is CCCCCC[C@@H](OCC)C([SiH3])(OCC)OCC. The zero-order valence-corrected chi connectivity index (χ0v) is 15.0. The lowest BCUT2D eigenvalue weighted by molar-refractivity contribution is -0.237. The second kappa shape index (κ2) is 11.0. The molecule has 0 fully saturated rings. The first-order valence-electron chi connectivity index (χ1n) is 7.54. The zero-order valence-electron chi connectivity index (χ0n) is 13.0. The lowest BCUT2D eigenvalue weighted by Crippen LogP contribution is -2.49. The lowest BCUT2D eigenvalue weighted by atomic mass is 10.1. The van der Waals surface area contributed by atoms with E-state index in [0.717, 1.165) is 23.3 Å². The van der Waals surface area contributed by atoms with Crippen LogP contribution in [-0.4, -0.2) is 41.6 Å². The summed E-state index contributed by atoms with van der Waals surface area (Å²) in [5.74, 6) is 0. The number of rotatable bonds is 12. The van der Waals surface area contributed by atoms with Gasteiger partial charge in [0.1, 0.15) is 6.10 Å². The molecule has 0 spiro atoms. The van der Waals surface area contributed by atoms with Gasteiger partial charge in [-0.05, 0) is 27.2 Å². The summed E-state index contributed by atoms with van der Waals surface area (Å²) in [6.45, 7) is 10.4. The second-order valence-corrected chi connectivity index (χ2v) is 6.07. The Labute approximate surface area is 116 Å². The molecule has 0 amide bonds. The average Bonchev–Trinajstić information content (AvgIpc) is 2.33. The number of ether oxygens (including phenoxy) is 3. The van der Waals surface area contributed by atoms with Gasteiger partial charge in [0.05, 0.1) is 10.2 Å². The van der Waals surface area contributed by atoms with Gasteiger partial charge in [-0.1, -0.05) is 32.6 Å². The maximum absolute atomic E-state index is 5.88. The molecule has 110 valence electrons. The summed E-state index contributed by atoms with van der Waals surface area (Å²) in [5, 5.41) is 0. The van der Waals surface area contributed by atoms with Crippen molar-refractivity contribution < 1.29 is 14.2 Å². The molecule has 0 aliphatic carbocycles. The molecule has 4 heteroatoms. The van der Waals surface area contributed by atoms with Crippen LogP contribution in [0.15, 0.2) is 0 Å². The van der Waals surface area contributed by atoms with Gasteiger partial charge in [-0.3, -0.25) is 0 Å². The molecule has 0 rings (SSSR count). The van der Waals surface area contributed by atoms with E-state index in [1.165, 1.54) is 25.7 Å². The van der Waals surface area contributed by atoms with Gasteiger partial charge in [0.2, 0.25) is 0 Å². The van der Waals surface area contributed by atoms with Crippen molar-refractivity contribution in [3.8, 4) is 0 Å². The van der Waals surface area contributed by atoms with Crippen molar-refractivity contribution in [1.82, 2.24) is 0 Å². The molecule has 0 unspecified atom stereocenters. The molecular formula is C14H32O3Si. The molecule has 0 N–H and O–H groups in total. The fourth-order valence-electron chi connectivity index (χ4n) is 2.26. The molecule has 3 nitrogen and oxygen atoms in total. The Hall–Kier alpha value is 0.0969. The van der Waals surface area contributed by atoms with Crippen LogP contribution >= 0.6 is 0 Å². The molecule has 0 radical (unpaired) electrons. The summed E-state index contributed by atoms with van der Waals surface area (Å²) in [4.78, 5) is 0. The van der Waals surface area contributed by atoms with Gasteiger partial charge in [0.15, 0.2) is 5.41 Å². The Morgan fingerprint density at radius 1 is 0.889 bits per heavy atom. The molecule has 1 atom stereocenters. The molecule has 0 aliphatic heterocycles. The summed E-state index contributed by atoms with van der Waals surface area (Å²) in [5.41, 5.74) is -0.467. The van der Waals surface area contributed by atoms with Crippen molar-refractivity contribution in [1.29, 1.82) is 0 Å². The van der Waals surface area contributed by atoms with Crippen LogP contribution < -0.4 is 0 Å². The number of hydrogen-bond donors (Lipinski definition) is 0. The predicted octanol–water partition coefficient (Wildman–Crippen LogP) is 2.45. The Bertz CT molecular complexity index is 182. The largest absolute Gasteiger partial charge is 0.373 e. The van der Waals surface area contributed by atoms with E-state index < -0.39 is 5.41 Å². The predicted molar refractivity (Wildman–Crippen MR) is 80.1 cm³/mol. The van der Waals surface area contributed by atoms with E-state index in [-0.39, 0.29) is 6.10 Å². The summed E-state index contributed by atoms with van der Waals surface area (Å²) in [7, 11) is 0.835. The van der Waals surface area contributed by atoms with E-state index in [1.54, 1.807) is 0 Å². The summed E-state index contributed by atoms with van der Waals surface area (Å²) in [6, 6.07) is 0. The van der Waals surface area contributed by atoms with Crippen LogP contribution in [0.5, 0.6) is 0 Å². The van der Waals surface area contributed by atoms with Gasteiger partial charge in [-0.15, -0.1) is 0 Å². The highest BCUT2D eigenvalue weighted by Crippen LogP contribution is 2.23. The Balaban J connectivity index is 4.38. The highest BCUT2D eigenvalue weighted by molar-refractivity contribution is 6.13. The molecule has 0 aromatic carbocycles. The van der Waals surface area contributed by atoms with Crippen LogP contribution in [0.2, 0.25) is 0 Å². The van der Waals surface area contributed by atoms with Gasteiger partial charge < -0.3 is 14.2 Å². The van der Waals surface area contributed by atoms with Crippen LogP contribution in [0, 0.1) is 0 Å². The van der Waals surface area contributed by atoms with Gasteiger partial charge in [0, 0.05) is 19.8 Å². The minimum absolute atomic E-state index is 0.0888. The third kappa shape index (κ3) is 6.88. The third-order valence-electron chi connectivity index (χ3n) is 3.13. The Kier molecular flexibility index (Phi) is 11.0. The van der Waals surface area contributed by atoms with Crippen LogP contribution in [0.3, 0.4) is 0 Å². The van der Waals surface area contributed by atoms with E-state index >= 15 is 0 Å².